The van der Waals surface area contributed by atoms with Gasteiger partial charge in [-0.3, -0.25) is 0 Å². The van der Waals surface area contributed by atoms with E-state index in [4.69, 9.17) is 9.47 Å². The van der Waals surface area contributed by atoms with E-state index in [0.717, 1.165) is 25.2 Å². The molecule has 2 aliphatic rings. The molecule has 0 radical (unpaired) electrons. The zero-order valence-corrected chi connectivity index (χ0v) is 9.69. The summed E-state index contributed by atoms with van der Waals surface area (Å²) in [6, 6.07) is 0. The Morgan fingerprint density at radius 3 is 2.94 bits per heavy atom. The molecule has 0 aliphatic carbocycles. The van der Waals surface area contributed by atoms with Gasteiger partial charge in [0.25, 0.3) is 0 Å². The second-order valence-electron chi connectivity index (χ2n) is 4.03. The molecule has 0 aromatic heterocycles. The average molecular weight is 218 g/mol. The second-order valence-corrected chi connectivity index (χ2v) is 4.03. The predicted octanol–water partition coefficient (Wildman–Crippen LogP) is 3.49. The van der Waals surface area contributed by atoms with Crippen molar-refractivity contribution in [2.24, 2.45) is 0 Å². The SMILES string of the molecule is CC=CC=CC=C1C=C[C@@]2(CCCCO2)O1. The number of ether oxygens (including phenoxy) is 2. The van der Waals surface area contributed by atoms with E-state index < -0.39 is 5.79 Å². The molecule has 0 aromatic carbocycles. The Morgan fingerprint density at radius 1 is 1.25 bits per heavy atom. The molecule has 0 aromatic rings. The maximum atomic E-state index is 5.82. The summed E-state index contributed by atoms with van der Waals surface area (Å²) >= 11 is 0. The quantitative estimate of drug-likeness (QED) is 0.660. The zero-order chi connectivity index (χ0) is 11.3. The molecule has 1 spiro atoms. The van der Waals surface area contributed by atoms with Crippen LogP contribution >= 0.6 is 0 Å². The summed E-state index contributed by atoms with van der Waals surface area (Å²) in [4.78, 5) is 0. The molecular weight excluding hydrogens is 200 g/mol. The van der Waals surface area contributed by atoms with E-state index in [1.54, 1.807) is 0 Å². The largest absolute Gasteiger partial charge is 0.459 e. The predicted molar refractivity (Wildman–Crippen MR) is 64.8 cm³/mol. The standard InChI is InChI=1S/C14H18O2/c1-2-3-4-5-8-13-9-11-14(16-13)10-6-7-12-15-14/h2-5,8-9,11H,6-7,10,12H2,1H3/t14-/m1/s1. The lowest BCUT2D eigenvalue weighted by Crippen LogP contribution is -2.34. The van der Waals surface area contributed by atoms with Crippen LogP contribution in [-0.4, -0.2) is 12.4 Å². The highest BCUT2D eigenvalue weighted by Crippen LogP contribution is 2.34. The van der Waals surface area contributed by atoms with Gasteiger partial charge in [-0.1, -0.05) is 24.3 Å². The third-order valence-electron chi connectivity index (χ3n) is 2.73. The van der Waals surface area contributed by atoms with Crippen LogP contribution in [0.3, 0.4) is 0 Å². The first-order valence-electron chi connectivity index (χ1n) is 5.86. The first kappa shape index (κ1) is 11.2. The van der Waals surface area contributed by atoms with Crippen LogP contribution in [-0.2, 0) is 9.47 Å². The maximum Gasteiger partial charge on any atom is 0.230 e. The molecule has 2 nitrogen and oxygen atoms in total. The van der Waals surface area contributed by atoms with E-state index in [0.29, 0.717) is 0 Å². The van der Waals surface area contributed by atoms with Crippen molar-refractivity contribution in [3.63, 3.8) is 0 Å². The first-order valence-corrected chi connectivity index (χ1v) is 5.86. The number of rotatable bonds is 2. The Labute approximate surface area is 96.9 Å². The van der Waals surface area contributed by atoms with Crippen molar-refractivity contribution in [1.82, 2.24) is 0 Å². The fourth-order valence-electron chi connectivity index (χ4n) is 1.89. The summed E-state index contributed by atoms with van der Waals surface area (Å²) in [5.74, 6) is 0.418. The Bertz CT molecular complexity index is 342. The van der Waals surface area contributed by atoms with Crippen LogP contribution in [0.2, 0.25) is 0 Å². The van der Waals surface area contributed by atoms with Gasteiger partial charge in [-0.05, 0) is 38.0 Å². The molecule has 2 aliphatic heterocycles. The third kappa shape index (κ3) is 2.64. The number of allylic oxidation sites excluding steroid dienone is 6. The highest BCUT2D eigenvalue weighted by Gasteiger charge is 2.36. The highest BCUT2D eigenvalue weighted by molar-refractivity contribution is 5.27. The van der Waals surface area contributed by atoms with Gasteiger partial charge in [0.15, 0.2) is 0 Å². The Kier molecular flexibility index (Phi) is 3.62. The van der Waals surface area contributed by atoms with Crippen molar-refractivity contribution in [3.05, 3.63) is 48.3 Å². The van der Waals surface area contributed by atoms with Crippen molar-refractivity contribution < 1.29 is 9.47 Å². The van der Waals surface area contributed by atoms with Crippen molar-refractivity contribution in [2.75, 3.05) is 6.61 Å². The van der Waals surface area contributed by atoms with E-state index >= 15 is 0 Å². The van der Waals surface area contributed by atoms with E-state index in [2.05, 4.69) is 0 Å². The van der Waals surface area contributed by atoms with Crippen LogP contribution < -0.4 is 0 Å². The molecular formula is C14H18O2. The normalized spacial score (nSPS) is 32.2. The molecule has 16 heavy (non-hydrogen) atoms. The molecule has 0 N–H and O–H groups in total. The van der Waals surface area contributed by atoms with Crippen molar-refractivity contribution in [3.8, 4) is 0 Å². The first-order chi connectivity index (χ1) is 7.85. The minimum Gasteiger partial charge on any atom is -0.459 e. The van der Waals surface area contributed by atoms with Gasteiger partial charge in [-0.25, -0.2) is 0 Å². The molecule has 2 rings (SSSR count). The molecule has 0 saturated carbocycles. The number of hydrogen-bond donors (Lipinski definition) is 0. The van der Waals surface area contributed by atoms with Crippen LogP contribution in [0, 0.1) is 0 Å². The van der Waals surface area contributed by atoms with E-state index in [1.165, 1.54) is 6.42 Å². The van der Waals surface area contributed by atoms with Gasteiger partial charge < -0.3 is 9.47 Å². The Morgan fingerprint density at radius 2 is 2.19 bits per heavy atom. The topological polar surface area (TPSA) is 18.5 Å². The van der Waals surface area contributed by atoms with Crippen LogP contribution in [0.4, 0.5) is 0 Å². The molecule has 0 bridgehead atoms. The lowest BCUT2D eigenvalue weighted by Gasteiger charge is -2.31. The Balaban J connectivity index is 1.95. The average Bonchev–Trinajstić information content (AvgIpc) is 2.69. The number of hydrogen-bond acceptors (Lipinski definition) is 2. The summed E-state index contributed by atoms with van der Waals surface area (Å²) in [5, 5.41) is 0. The van der Waals surface area contributed by atoms with E-state index in [9.17, 15) is 0 Å². The van der Waals surface area contributed by atoms with Gasteiger partial charge in [-0.15, -0.1) is 0 Å². The molecule has 86 valence electrons. The van der Waals surface area contributed by atoms with Gasteiger partial charge in [0, 0.05) is 6.42 Å². The molecule has 1 atom stereocenters. The highest BCUT2D eigenvalue weighted by atomic mass is 16.7. The minimum absolute atomic E-state index is 0.460. The summed E-state index contributed by atoms with van der Waals surface area (Å²) in [5.41, 5.74) is 0. The maximum absolute atomic E-state index is 5.82. The summed E-state index contributed by atoms with van der Waals surface area (Å²) in [6.07, 6.45) is 17.2. The van der Waals surface area contributed by atoms with E-state index in [-0.39, 0.29) is 0 Å². The van der Waals surface area contributed by atoms with Gasteiger partial charge in [-0.2, -0.15) is 0 Å². The van der Waals surface area contributed by atoms with Crippen LogP contribution in [0.1, 0.15) is 26.2 Å². The summed E-state index contributed by atoms with van der Waals surface area (Å²) < 4.78 is 11.5. The van der Waals surface area contributed by atoms with Crippen LogP contribution in [0.25, 0.3) is 0 Å². The summed E-state index contributed by atoms with van der Waals surface area (Å²) in [7, 11) is 0. The molecule has 1 saturated heterocycles. The Hall–Kier alpha value is -1.28. The third-order valence-corrected chi connectivity index (χ3v) is 2.73. The van der Waals surface area contributed by atoms with Crippen LogP contribution in [0.5, 0.6) is 0 Å². The van der Waals surface area contributed by atoms with Crippen molar-refractivity contribution in [2.45, 2.75) is 32.0 Å². The molecule has 1 fully saturated rings. The fraction of sp³-hybridized carbons (Fsp3) is 0.429. The second kappa shape index (κ2) is 5.17. The van der Waals surface area contributed by atoms with Gasteiger partial charge in [0.05, 0.1) is 6.61 Å². The fourth-order valence-corrected chi connectivity index (χ4v) is 1.89. The van der Waals surface area contributed by atoms with Gasteiger partial charge in [0.1, 0.15) is 5.76 Å². The molecule has 0 unspecified atom stereocenters. The van der Waals surface area contributed by atoms with Gasteiger partial charge in [0.2, 0.25) is 5.79 Å². The lowest BCUT2D eigenvalue weighted by atomic mass is 10.1. The molecule has 2 heterocycles. The van der Waals surface area contributed by atoms with Crippen LogP contribution in [0.15, 0.2) is 48.3 Å². The van der Waals surface area contributed by atoms with Gasteiger partial charge >= 0.3 is 0 Å². The summed E-state index contributed by atoms with van der Waals surface area (Å²) in [6.45, 7) is 2.79. The molecule has 2 heteroatoms. The van der Waals surface area contributed by atoms with Crippen molar-refractivity contribution in [1.29, 1.82) is 0 Å². The van der Waals surface area contributed by atoms with E-state index in [1.807, 2.05) is 49.5 Å². The van der Waals surface area contributed by atoms with Crippen molar-refractivity contribution >= 4 is 0 Å². The zero-order valence-electron chi connectivity index (χ0n) is 9.69. The molecule has 0 amide bonds. The lowest BCUT2D eigenvalue weighted by molar-refractivity contribution is -0.191. The minimum atomic E-state index is -0.460. The monoisotopic (exact) mass is 218 g/mol. The smallest absolute Gasteiger partial charge is 0.230 e.